The second-order valence-corrected chi connectivity index (χ2v) is 14.2. The van der Waals surface area contributed by atoms with Crippen LogP contribution in [0.25, 0.3) is 0 Å². The molecule has 0 N–H and O–H groups in total. The maximum atomic E-state index is 2.48. The summed E-state index contributed by atoms with van der Waals surface area (Å²) in [5, 5.41) is 3.73. The van der Waals surface area contributed by atoms with E-state index in [0.29, 0.717) is 0 Å². The van der Waals surface area contributed by atoms with Crippen LogP contribution in [-0.2, 0) is 19.2 Å². The van der Waals surface area contributed by atoms with Crippen molar-refractivity contribution < 1.29 is 44.0 Å². The van der Waals surface area contributed by atoms with Gasteiger partial charge in [0.1, 0.15) is 0 Å². The maximum Gasteiger partial charge on any atom is -1.00 e. The van der Waals surface area contributed by atoms with E-state index in [1.54, 1.807) is 22.3 Å². The molecule has 0 saturated heterocycles. The van der Waals surface area contributed by atoms with E-state index in [1.807, 2.05) is 18.1 Å². The summed E-state index contributed by atoms with van der Waals surface area (Å²) >= 11 is -0.109. The van der Waals surface area contributed by atoms with Crippen molar-refractivity contribution in [2.45, 2.75) is 67.5 Å². The van der Waals surface area contributed by atoms with E-state index in [0.717, 1.165) is 11.8 Å². The van der Waals surface area contributed by atoms with E-state index in [9.17, 15) is 0 Å². The molecular formula is C20H30Cl2SiTi. The van der Waals surface area contributed by atoms with Crippen LogP contribution in [0.3, 0.4) is 0 Å². The molecule has 0 aromatic carbocycles. The molecule has 2 atom stereocenters. The molecule has 3 rings (SSSR count). The van der Waals surface area contributed by atoms with Gasteiger partial charge in [0.25, 0.3) is 0 Å². The maximum absolute atomic E-state index is 2.48. The van der Waals surface area contributed by atoms with Gasteiger partial charge in [-0.3, -0.25) is 0 Å². The summed E-state index contributed by atoms with van der Waals surface area (Å²) in [5.74, 6) is 1.46. The van der Waals surface area contributed by atoms with Crippen LogP contribution in [0.2, 0.25) is 12.1 Å². The minimum Gasteiger partial charge on any atom is -1.00 e. The van der Waals surface area contributed by atoms with Gasteiger partial charge < -0.3 is 24.8 Å². The third-order valence-electron chi connectivity index (χ3n) is 6.95. The Labute approximate surface area is 171 Å². The Kier molecular flexibility index (Phi) is 7.14. The van der Waals surface area contributed by atoms with Crippen LogP contribution in [0.5, 0.6) is 0 Å². The number of allylic oxidation sites excluding steroid dienone is 8. The Morgan fingerprint density at radius 1 is 0.750 bits per heavy atom. The summed E-state index contributed by atoms with van der Waals surface area (Å²) in [6.07, 6.45) is 0. The first-order valence-corrected chi connectivity index (χ1v) is 12.9. The zero-order chi connectivity index (χ0) is 16.4. The molecule has 0 saturated carbocycles. The number of rotatable bonds is 2. The van der Waals surface area contributed by atoms with Crippen LogP contribution in [0, 0.1) is 11.8 Å². The van der Waals surface area contributed by atoms with E-state index in [2.05, 4.69) is 55.4 Å². The smallest absolute Gasteiger partial charge is 1.00 e. The molecule has 3 aliphatic rings. The molecule has 4 bridgehead atoms. The molecule has 2 aliphatic carbocycles. The molecule has 0 aromatic rings. The predicted molar refractivity (Wildman–Crippen MR) is 95.8 cm³/mol. The SMILES string of the molecule is CC[Si]1(CC)C2=C(C)C(C)[C](=C2C)[Ti+2][C]2=C(C)C1=C(C)C2C.[Cl-].[Cl-]. The standard InChI is InChI=1S/C20H30Si.2ClH.Ti/c1-9-21(10-2,19-15(5)11-13(3)17(19)7)20-16(6)12-14(4)18(20)8;;;/h13-14H,9-10H2,1-8H3;2*1H;/q;;;+2/p-2. The molecule has 4 heteroatoms. The van der Waals surface area contributed by atoms with Crippen molar-refractivity contribution in [2.24, 2.45) is 11.8 Å². The number of fused-ring (bicyclic) bond motifs is 2. The van der Waals surface area contributed by atoms with E-state index in [-0.39, 0.29) is 44.0 Å². The summed E-state index contributed by atoms with van der Waals surface area (Å²) in [7, 11) is -1.56. The Morgan fingerprint density at radius 2 is 1.08 bits per heavy atom. The molecule has 1 aliphatic heterocycles. The molecule has 0 fully saturated rings. The number of halogens is 2. The van der Waals surface area contributed by atoms with Gasteiger partial charge in [0.15, 0.2) is 0 Å². The average molecular weight is 417 g/mol. The van der Waals surface area contributed by atoms with Crippen molar-refractivity contribution in [3.8, 4) is 0 Å². The normalized spacial score (nSPS) is 27.3. The van der Waals surface area contributed by atoms with Crippen LogP contribution < -0.4 is 24.8 Å². The molecule has 24 heavy (non-hydrogen) atoms. The van der Waals surface area contributed by atoms with Crippen molar-refractivity contribution in [1.82, 2.24) is 0 Å². The third kappa shape index (κ3) is 2.65. The molecule has 132 valence electrons. The first kappa shape index (κ1) is 22.5. The zero-order valence-corrected chi connectivity index (χ0v) is 20.4. The average Bonchev–Trinajstić information content (AvgIpc) is 2.85. The van der Waals surface area contributed by atoms with Gasteiger partial charge in [-0.2, -0.15) is 0 Å². The van der Waals surface area contributed by atoms with Crippen LogP contribution in [0.4, 0.5) is 0 Å². The first-order valence-electron chi connectivity index (χ1n) is 8.93. The van der Waals surface area contributed by atoms with Gasteiger partial charge in [0, 0.05) is 0 Å². The molecule has 0 radical (unpaired) electrons. The molecule has 1 heterocycles. The van der Waals surface area contributed by atoms with Gasteiger partial charge in [-0.05, 0) is 0 Å². The van der Waals surface area contributed by atoms with E-state index >= 15 is 0 Å². The van der Waals surface area contributed by atoms with Crippen LogP contribution >= 0.6 is 0 Å². The molecule has 0 spiro atoms. The van der Waals surface area contributed by atoms with Crippen molar-refractivity contribution in [2.75, 3.05) is 0 Å². The quantitative estimate of drug-likeness (QED) is 0.561. The monoisotopic (exact) mass is 416 g/mol. The molecular weight excluding hydrogens is 387 g/mol. The largest absolute Gasteiger partial charge is 1.00 e. The fourth-order valence-corrected chi connectivity index (χ4v) is 14.5. The third-order valence-corrected chi connectivity index (χ3v) is 16.2. The van der Waals surface area contributed by atoms with Gasteiger partial charge in [0.05, 0.1) is 0 Å². The van der Waals surface area contributed by atoms with Crippen molar-refractivity contribution >= 4 is 8.07 Å². The second kappa shape index (κ2) is 7.61. The molecule has 0 aromatic heterocycles. The Morgan fingerprint density at radius 3 is 1.38 bits per heavy atom. The van der Waals surface area contributed by atoms with Gasteiger partial charge >= 0.3 is 147 Å². The minimum absolute atomic E-state index is 0. The van der Waals surface area contributed by atoms with Crippen molar-refractivity contribution in [3.63, 3.8) is 0 Å². The predicted octanol–water partition coefficient (Wildman–Crippen LogP) is 0.138. The Bertz CT molecular complexity index is 624. The molecule has 0 amide bonds. The van der Waals surface area contributed by atoms with Crippen LogP contribution in [0.15, 0.2) is 40.4 Å². The van der Waals surface area contributed by atoms with Gasteiger partial charge in [-0.1, -0.05) is 0 Å². The number of hydrogen-bond donors (Lipinski definition) is 0. The zero-order valence-electron chi connectivity index (χ0n) is 16.3. The number of hydrogen-bond acceptors (Lipinski definition) is 0. The Hall–Kier alpha value is 0.471. The van der Waals surface area contributed by atoms with Crippen LogP contribution in [-0.4, -0.2) is 8.07 Å². The van der Waals surface area contributed by atoms with Gasteiger partial charge in [0.2, 0.25) is 0 Å². The fourth-order valence-electron chi connectivity index (χ4n) is 5.48. The van der Waals surface area contributed by atoms with E-state index in [4.69, 9.17) is 0 Å². The van der Waals surface area contributed by atoms with Crippen LogP contribution in [0.1, 0.15) is 55.4 Å². The minimum atomic E-state index is -1.56. The van der Waals surface area contributed by atoms with Crippen molar-refractivity contribution in [3.05, 3.63) is 40.4 Å². The fraction of sp³-hybridized carbons (Fsp3) is 0.600. The second-order valence-electron chi connectivity index (χ2n) is 7.55. The van der Waals surface area contributed by atoms with Gasteiger partial charge in [-0.25, -0.2) is 0 Å². The van der Waals surface area contributed by atoms with Gasteiger partial charge in [-0.15, -0.1) is 0 Å². The first-order chi connectivity index (χ1) is 10.3. The molecule has 0 nitrogen and oxygen atoms in total. The summed E-state index contributed by atoms with van der Waals surface area (Å²) < 4.78 is 3.72. The van der Waals surface area contributed by atoms with Crippen molar-refractivity contribution in [1.29, 1.82) is 0 Å². The van der Waals surface area contributed by atoms with E-state index in [1.165, 1.54) is 12.1 Å². The van der Waals surface area contributed by atoms with E-state index < -0.39 is 8.07 Å². The Balaban J connectivity index is 0.00000144. The summed E-state index contributed by atoms with van der Waals surface area (Å²) in [6, 6.07) is 2.75. The molecule has 2 unspecified atom stereocenters. The topological polar surface area (TPSA) is 0 Å². The summed E-state index contributed by atoms with van der Waals surface area (Å²) in [6.45, 7) is 19.7. The summed E-state index contributed by atoms with van der Waals surface area (Å²) in [5.41, 5.74) is 6.95. The summed E-state index contributed by atoms with van der Waals surface area (Å²) in [4.78, 5) is 0.